The van der Waals surface area contributed by atoms with Crippen LogP contribution in [0.3, 0.4) is 0 Å². The SMILES string of the molecule is Cc1ccc(Cc2ccc(Cc3ccccc3)cc2N)c(O)c1. The molecule has 0 saturated heterocycles. The number of anilines is 1. The molecule has 3 aromatic rings. The monoisotopic (exact) mass is 303 g/mol. The average molecular weight is 303 g/mol. The fraction of sp³-hybridized carbons (Fsp3) is 0.143. The molecule has 0 saturated carbocycles. The number of benzene rings is 3. The summed E-state index contributed by atoms with van der Waals surface area (Å²) in [5.41, 5.74) is 12.5. The summed E-state index contributed by atoms with van der Waals surface area (Å²) in [6, 6.07) is 22.3. The third kappa shape index (κ3) is 3.72. The van der Waals surface area contributed by atoms with Gasteiger partial charge in [-0.15, -0.1) is 0 Å². The highest BCUT2D eigenvalue weighted by molar-refractivity contribution is 5.53. The number of nitrogens with two attached hydrogens (primary N) is 1. The maximum absolute atomic E-state index is 10.1. The molecule has 0 heterocycles. The van der Waals surface area contributed by atoms with E-state index in [4.69, 9.17) is 5.73 Å². The molecule has 3 rings (SSSR count). The van der Waals surface area contributed by atoms with E-state index in [1.807, 2.05) is 43.3 Å². The van der Waals surface area contributed by atoms with Crippen LogP contribution in [0.4, 0.5) is 5.69 Å². The largest absolute Gasteiger partial charge is 0.508 e. The van der Waals surface area contributed by atoms with E-state index >= 15 is 0 Å². The van der Waals surface area contributed by atoms with Crippen LogP contribution in [0, 0.1) is 6.92 Å². The van der Waals surface area contributed by atoms with Gasteiger partial charge in [0.1, 0.15) is 5.75 Å². The van der Waals surface area contributed by atoms with Gasteiger partial charge in [-0.05, 0) is 53.3 Å². The summed E-state index contributed by atoms with van der Waals surface area (Å²) in [6.45, 7) is 1.97. The van der Waals surface area contributed by atoms with Crippen molar-refractivity contribution < 1.29 is 5.11 Å². The van der Waals surface area contributed by atoms with E-state index in [9.17, 15) is 5.11 Å². The first kappa shape index (κ1) is 15.2. The van der Waals surface area contributed by atoms with Crippen LogP contribution in [0.2, 0.25) is 0 Å². The Kier molecular flexibility index (Phi) is 4.33. The average Bonchev–Trinajstić information content (AvgIpc) is 2.53. The molecule has 0 fully saturated rings. The molecule has 0 unspecified atom stereocenters. The van der Waals surface area contributed by atoms with Crippen molar-refractivity contribution in [2.24, 2.45) is 0 Å². The van der Waals surface area contributed by atoms with Gasteiger partial charge in [0.2, 0.25) is 0 Å². The molecule has 0 spiro atoms. The lowest BCUT2D eigenvalue weighted by atomic mass is 9.98. The van der Waals surface area contributed by atoms with E-state index in [0.29, 0.717) is 12.2 Å². The topological polar surface area (TPSA) is 46.2 Å². The Labute approximate surface area is 137 Å². The fourth-order valence-corrected chi connectivity index (χ4v) is 2.78. The van der Waals surface area contributed by atoms with Gasteiger partial charge in [0.05, 0.1) is 0 Å². The van der Waals surface area contributed by atoms with Gasteiger partial charge >= 0.3 is 0 Å². The second-order valence-corrected chi connectivity index (χ2v) is 6.00. The van der Waals surface area contributed by atoms with Crippen molar-refractivity contribution in [2.45, 2.75) is 19.8 Å². The molecule has 23 heavy (non-hydrogen) atoms. The van der Waals surface area contributed by atoms with Crippen molar-refractivity contribution in [1.82, 2.24) is 0 Å². The number of hydrogen-bond donors (Lipinski definition) is 2. The van der Waals surface area contributed by atoms with Crippen LogP contribution in [0.15, 0.2) is 66.7 Å². The normalized spacial score (nSPS) is 10.7. The second kappa shape index (κ2) is 6.57. The zero-order valence-corrected chi connectivity index (χ0v) is 13.3. The molecule has 2 heteroatoms. The van der Waals surface area contributed by atoms with Crippen LogP contribution in [-0.2, 0) is 12.8 Å². The van der Waals surface area contributed by atoms with E-state index < -0.39 is 0 Å². The van der Waals surface area contributed by atoms with Crippen LogP contribution in [0.25, 0.3) is 0 Å². The van der Waals surface area contributed by atoms with Crippen LogP contribution in [-0.4, -0.2) is 5.11 Å². The molecule has 3 N–H and O–H groups in total. The Balaban J connectivity index is 1.79. The second-order valence-electron chi connectivity index (χ2n) is 6.00. The van der Waals surface area contributed by atoms with Gasteiger partial charge in [-0.25, -0.2) is 0 Å². The van der Waals surface area contributed by atoms with Crippen molar-refractivity contribution in [1.29, 1.82) is 0 Å². The van der Waals surface area contributed by atoms with Crippen LogP contribution < -0.4 is 5.73 Å². The minimum absolute atomic E-state index is 0.331. The van der Waals surface area contributed by atoms with Crippen molar-refractivity contribution in [2.75, 3.05) is 5.73 Å². The number of phenolic OH excluding ortho intramolecular Hbond substituents is 1. The summed E-state index contributed by atoms with van der Waals surface area (Å²) < 4.78 is 0. The molecular weight excluding hydrogens is 282 g/mol. The van der Waals surface area contributed by atoms with E-state index in [0.717, 1.165) is 28.8 Å². The predicted octanol–water partition coefficient (Wildman–Crippen LogP) is 4.46. The Hall–Kier alpha value is -2.74. The van der Waals surface area contributed by atoms with Crippen molar-refractivity contribution in [3.05, 3.63) is 94.5 Å². The highest BCUT2D eigenvalue weighted by Gasteiger charge is 2.07. The van der Waals surface area contributed by atoms with E-state index in [2.05, 4.69) is 24.3 Å². The van der Waals surface area contributed by atoms with E-state index in [-0.39, 0.29) is 0 Å². The van der Waals surface area contributed by atoms with Gasteiger partial charge < -0.3 is 10.8 Å². The van der Waals surface area contributed by atoms with Gasteiger partial charge in [0.15, 0.2) is 0 Å². The molecule has 0 aliphatic carbocycles. The van der Waals surface area contributed by atoms with Crippen molar-refractivity contribution in [3.8, 4) is 5.75 Å². The predicted molar refractivity (Wildman–Crippen MR) is 95.8 cm³/mol. The standard InChI is InChI=1S/C21H21NO/c1-15-7-9-19(21(23)11-15)14-18-10-8-17(13-20(18)22)12-16-5-3-2-4-6-16/h2-11,13,23H,12,14,22H2,1H3. The molecule has 2 nitrogen and oxygen atoms in total. The third-order valence-corrected chi connectivity index (χ3v) is 4.08. The summed E-state index contributed by atoms with van der Waals surface area (Å²) >= 11 is 0. The molecule has 3 aromatic carbocycles. The molecule has 0 amide bonds. The zero-order valence-electron chi connectivity index (χ0n) is 13.3. The lowest BCUT2D eigenvalue weighted by Crippen LogP contribution is -1.98. The van der Waals surface area contributed by atoms with E-state index in [1.165, 1.54) is 11.1 Å². The molecule has 0 aliphatic rings. The zero-order chi connectivity index (χ0) is 16.2. The molecule has 0 radical (unpaired) electrons. The Morgan fingerprint density at radius 2 is 1.52 bits per heavy atom. The summed E-state index contributed by atoms with van der Waals surface area (Å²) in [6.07, 6.45) is 1.52. The summed E-state index contributed by atoms with van der Waals surface area (Å²) in [4.78, 5) is 0. The number of hydrogen-bond acceptors (Lipinski definition) is 2. The number of rotatable bonds is 4. The maximum Gasteiger partial charge on any atom is 0.119 e. The number of aromatic hydroxyl groups is 1. The molecular formula is C21H21NO. The van der Waals surface area contributed by atoms with Gasteiger partial charge in [-0.3, -0.25) is 0 Å². The minimum Gasteiger partial charge on any atom is -0.508 e. The highest BCUT2D eigenvalue weighted by Crippen LogP contribution is 2.25. The molecule has 116 valence electrons. The molecule has 0 bridgehead atoms. The number of nitrogen functional groups attached to an aromatic ring is 1. The Morgan fingerprint density at radius 1 is 0.783 bits per heavy atom. The van der Waals surface area contributed by atoms with Crippen LogP contribution in [0.5, 0.6) is 5.75 Å². The van der Waals surface area contributed by atoms with Crippen molar-refractivity contribution >= 4 is 5.69 Å². The first-order valence-electron chi connectivity index (χ1n) is 7.81. The van der Waals surface area contributed by atoms with Crippen LogP contribution in [0.1, 0.15) is 27.8 Å². The van der Waals surface area contributed by atoms with Gasteiger partial charge in [0.25, 0.3) is 0 Å². The summed E-state index contributed by atoms with van der Waals surface area (Å²) in [5, 5.41) is 10.1. The Morgan fingerprint density at radius 3 is 2.22 bits per heavy atom. The van der Waals surface area contributed by atoms with Crippen LogP contribution >= 0.6 is 0 Å². The first-order chi connectivity index (χ1) is 11.1. The molecule has 0 aromatic heterocycles. The summed E-state index contributed by atoms with van der Waals surface area (Å²) in [7, 11) is 0. The third-order valence-electron chi connectivity index (χ3n) is 4.08. The van der Waals surface area contributed by atoms with Crippen molar-refractivity contribution in [3.63, 3.8) is 0 Å². The molecule has 0 atom stereocenters. The van der Waals surface area contributed by atoms with Gasteiger partial charge in [-0.1, -0.05) is 54.6 Å². The fourth-order valence-electron chi connectivity index (χ4n) is 2.78. The quantitative estimate of drug-likeness (QED) is 0.699. The minimum atomic E-state index is 0.331. The lowest BCUT2D eigenvalue weighted by molar-refractivity contribution is 0.469. The smallest absolute Gasteiger partial charge is 0.119 e. The van der Waals surface area contributed by atoms with Gasteiger partial charge in [-0.2, -0.15) is 0 Å². The lowest BCUT2D eigenvalue weighted by Gasteiger charge is -2.10. The number of phenols is 1. The first-order valence-corrected chi connectivity index (χ1v) is 7.81. The maximum atomic E-state index is 10.1. The van der Waals surface area contributed by atoms with Gasteiger partial charge in [0, 0.05) is 12.1 Å². The molecule has 0 aliphatic heterocycles. The Bertz CT molecular complexity index is 809. The summed E-state index contributed by atoms with van der Waals surface area (Å²) in [5.74, 6) is 0.331. The highest BCUT2D eigenvalue weighted by atomic mass is 16.3. The number of aryl methyl sites for hydroxylation is 1. The van der Waals surface area contributed by atoms with E-state index in [1.54, 1.807) is 6.07 Å².